The molecular weight excluding hydrogens is 630 g/mol. The standard InChI is InChI=1S/C32H34ClN7O7/c1-3-4-12-29-36-30(33)28(19-41)38(29)18-22-13-15-24(16-14-22)26-10-5-6-11-27(26)31(34)37-39(35)21(2)46-32(42)47-25-9-7-8-23(17-25)20-45-40(43)44/h5-11,13-17,19,21H,3-4,12,18,20,35H2,1-2H3,(H2,34,37). The normalized spacial score (nSPS) is 11.9. The zero-order valence-corrected chi connectivity index (χ0v) is 26.5. The van der Waals surface area contributed by atoms with Crippen molar-refractivity contribution in [2.24, 2.45) is 16.7 Å². The smallest absolute Gasteiger partial charge is 0.407 e. The van der Waals surface area contributed by atoms with E-state index in [1.54, 1.807) is 24.3 Å². The van der Waals surface area contributed by atoms with Crippen LogP contribution >= 0.6 is 11.6 Å². The molecule has 0 saturated heterocycles. The van der Waals surface area contributed by atoms with Crippen molar-refractivity contribution in [2.75, 3.05) is 0 Å². The number of hydrazine groups is 1. The van der Waals surface area contributed by atoms with Crippen LogP contribution in [-0.4, -0.2) is 44.3 Å². The molecule has 0 fully saturated rings. The summed E-state index contributed by atoms with van der Waals surface area (Å²) in [5.74, 6) is 6.98. The predicted molar refractivity (Wildman–Crippen MR) is 174 cm³/mol. The maximum atomic E-state index is 12.4. The summed E-state index contributed by atoms with van der Waals surface area (Å²) in [6, 6.07) is 21.1. The van der Waals surface area contributed by atoms with E-state index in [0.29, 0.717) is 29.8 Å². The molecular formula is C32H34ClN7O7. The first-order valence-electron chi connectivity index (χ1n) is 14.6. The Hall–Kier alpha value is -5.47. The minimum Gasteiger partial charge on any atom is -0.407 e. The molecule has 0 aliphatic carbocycles. The van der Waals surface area contributed by atoms with Crippen LogP contribution in [0, 0.1) is 10.1 Å². The molecule has 47 heavy (non-hydrogen) atoms. The third-order valence-corrected chi connectivity index (χ3v) is 7.29. The van der Waals surface area contributed by atoms with E-state index in [1.165, 1.54) is 19.1 Å². The summed E-state index contributed by atoms with van der Waals surface area (Å²) in [5, 5.41) is 14.8. The van der Waals surface area contributed by atoms with Gasteiger partial charge in [-0.15, -0.1) is 15.2 Å². The van der Waals surface area contributed by atoms with Gasteiger partial charge in [-0.05, 0) is 47.7 Å². The highest BCUT2D eigenvalue weighted by Gasteiger charge is 2.19. The minimum absolute atomic E-state index is 0.0683. The lowest BCUT2D eigenvalue weighted by Crippen LogP contribution is -2.40. The summed E-state index contributed by atoms with van der Waals surface area (Å²) in [6.45, 7) is 3.68. The van der Waals surface area contributed by atoms with Gasteiger partial charge in [0.1, 0.15) is 23.9 Å². The largest absolute Gasteiger partial charge is 0.515 e. The Kier molecular flexibility index (Phi) is 11.9. The van der Waals surface area contributed by atoms with Crippen LogP contribution in [0.15, 0.2) is 77.9 Å². The number of carbonyl (C=O) groups is 2. The number of imidazole rings is 1. The van der Waals surface area contributed by atoms with Gasteiger partial charge in [0.25, 0.3) is 5.09 Å². The molecule has 1 atom stereocenters. The lowest BCUT2D eigenvalue weighted by molar-refractivity contribution is -0.763. The third kappa shape index (κ3) is 9.28. The van der Waals surface area contributed by atoms with Crippen molar-refractivity contribution in [3.05, 3.63) is 116 Å². The number of halogens is 1. The third-order valence-electron chi connectivity index (χ3n) is 7.01. The quantitative estimate of drug-likeness (QED) is 0.0189. The molecule has 1 aromatic heterocycles. The highest BCUT2D eigenvalue weighted by Crippen LogP contribution is 2.26. The van der Waals surface area contributed by atoms with E-state index in [2.05, 4.69) is 21.8 Å². The van der Waals surface area contributed by atoms with Gasteiger partial charge in [-0.25, -0.2) is 15.6 Å². The Labute approximate surface area is 275 Å². The summed E-state index contributed by atoms with van der Waals surface area (Å²) in [6.07, 6.45) is 1.21. The number of aromatic nitrogens is 2. The van der Waals surface area contributed by atoms with Gasteiger partial charge in [0, 0.05) is 18.5 Å². The van der Waals surface area contributed by atoms with E-state index >= 15 is 0 Å². The summed E-state index contributed by atoms with van der Waals surface area (Å²) >= 11 is 6.23. The average molecular weight is 664 g/mol. The average Bonchev–Trinajstić information content (AvgIpc) is 3.36. The van der Waals surface area contributed by atoms with Gasteiger partial charge in [0.15, 0.2) is 17.3 Å². The molecule has 15 heteroatoms. The first-order valence-corrected chi connectivity index (χ1v) is 15.0. The number of benzene rings is 3. The number of nitrogens with zero attached hydrogens (tertiary/aromatic N) is 5. The van der Waals surface area contributed by atoms with E-state index in [0.717, 1.165) is 46.8 Å². The fourth-order valence-electron chi connectivity index (χ4n) is 4.63. The van der Waals surface area contributed by atoms with Gasteiger partial charge in [-0.2, -0.15) is 5.12 Å². The molecule has 0 aliphatic rings. The van der Waals surface area contributed by atoms with Gasteiger partial charge in [-0.1, -0.05) is 85.6 Å². The van der Waals surface area contributed by atoms with Crippen LogP contribution in [0.25, 0.3) is 11.1 Å². The Bertz CT molecular complexity index is 1740. The van der Waals surface area contributed by atoms with Gasteiger partial charge < -0.3 is 24.6 Å². The van der Waals surface area contributed by atoms with E-state index in [1.807, 2.05) is 41.0 Å². The van der Waals surface area contributed by atoms with Crippen molar-refractivity contribution in [1.29, 1.82) is 0 Å². The maximum Gasteiger partial charge on any atom is 0.515 e. The molecule has 1 heterocycles. The molecule has 3 aromatic carbocycles. The van der Waals surface area contributed by atoms with Gasteiger partial charge in [-0.3, -0.25) is 4.79 Å². The summed E-state index contributed by atoms with van der Waals surface area (Å²) in [5.41, 5.74) is 10.3. The second-order valence-electron chi connectivity index (χ2n) is 10.3. The maximum absolute atomic E-state index is 12.4. The monoisotopic (exact) mass is 663 g/mol. The van der Waals surface area contributed by atoms with Gasteiger partial charge in [0.2, 0.25) is 6.23 Å². The van der Waals surface area contributed by atoms with E-state index in [-0.39, 0.29) is 23.3 Å². The number of nitrogens with two attached hydrogens (primary N) is 2. The second kappa shape index (κ2) is 16.2. The SMILES string of the molecule is CCCCc1nc(Cl)c(C=O)n1Cc1ccc(-c2ccccc2/C(N)=N/N(N)C(C)OC(=O)Oc2cccc(CO[N+](=O)[O-])c2)cc1. The van der Waals surface area contributed by atoms with Crippen LogP contribution < -0.4 is 16.3 Å². The number of hydrazone groups is 1. The number of rotatable bonds is 15. The molecule has 0 saturated carbocycles. The zero-order valence-electron chi connectivity index (χ0n) is 25.7. The van der Waals surface area contributed by atoms with Crippen molar-refractivity contribution in [3.8, 4) is 16.9 Å². The van der Waals surface area contributed by atoms with Crippen LogP contribution in [0.1, 0.15) is 59.7 Å². The lowest BCUT2D eigenvalue weighted by atomic mass is 9.98. The van der Waals surface area contributed by atoms with E-state index in [4.69, 9.17) is 32.7 Å². The number of carbonyl (C=O) groups excluding carboxylic acids is 2. The Balaban J connectivity index is 1.44. The molecule has 246 valence electrons. The van der Waals surface area contributed by atoms with Crippen molar-refractivity contribution >= 4 is 29.9 Å². The number of aldehydes is 1. The van der Waals surface area contributed by atoms with Gasteiger partial charge >= 0.3 is 6.16 Å². The highest BCUT2D eigenvalue weighted by atomic mass is 35.5. The number of aryl methyl sites for hydroxylation is 1. The lowest BCUT2D eigenvalue weighted by Gasteiger charge is -2.21. The number of hydrogen-bond donors (Lipinski definition) is 2. The number of ether oxygens (including phenoxy) is 2. The van der Waals surface area contributed by atoms with Crippen LogP contribution in [0.5, 0.6) is 5.75 Å². The predicted octanol–water partition coefficient (Wildman–Crippen LogP) is 5.47. The van der Waals surface area contributed by atoms with Crippen LogP contribution in [-0.2, 0) is 29.1 Å². The Morgan fingerprint density at radius 2 is 1.89 bits per heavy atom. The summed E-state index contributed by atoms with van der Waals surface area (Å²) in [7, 11) is 0. The van der Waals surface area contributed by atoms with E-state index in [9.17, 15) is 19.7 Å². The zero-order chi connectivity index (χ0) is 33.9. The molecule has 0 amide bonds. The van der Waals surface area contributed by atoms with Crippen LogP contribution in [0.3, 0.4) is 0 Å². The minimum atomic E-state index is -1.08. The molecule has 0 bridgehead atoms. The molecule has 1 unspecified atom stereocenters. The Morgan fingerprint density at radius 3 is 2.60 bits per heavy atom. The fourth-order valence-corrected chi connectivity index (χ4v) is 4.87. The van der Waals surface area contributed by atoms with Crippen molar-refractivity contribution < 1.29 is 29.0 Å². The van der Waals surface area contributed by atoms with Crippen molar-refractivity contribution in [1.82, 2.24) is 14.7 Å². The molecule has 4 aromatic rings. The first-order chi connectivity index (χ1) is 22.6. The van der Waals surface area contributed by atoms with Crippen molar-refractivity contribution in [2.45, 2.75) is 52.5 Å². The molecule has 0 spiro atoms. The molecule has 14 nitrogen and oxygen atoms in total. The van der Waals surface area contributed by atoms with Crippen LogP contribution in [0.2, 0.25) is 5.15 Å². The summed E-state index contributed by atoms with van der Waals surface area (Å²) in [4.78, 5) is 43.2. The number of amidine groups is 1. The first kappa shape index (κ1) is 34.4. The van der Waals surface area contributed by atoms with Crippen LogP contribution in [0.4, 0.5) is 4.79 Å². The summed E-state index contributed by atoms with van der Waals surface area (Å²) < 4.78 is 12.2. The van der Waals surface area contributed by atoms with Crippen molar-refractivity contribution in [3.63, 3.8) is 0 Å². The number of unbranched alkanes of at least 4 members (excludes halogenated alkanes) is 1. The van der Waals surface area contributed by atoms with E-state index < -0.39 is 17.5 Å². The molecule has 4 rings (SSSR count). The highest BCUT2D eigenvalue weighted by molar-refractivity contribution is 6.31. The topological polar surface area (TPSA) is 190 Å². The molecule has 0 aliphatic heterocycles. The van der Waals surface area contributed by atoms with Gasteiger partial charge in [0.05, 0.1) is 0 Å². The molecule has 4 N–H and O–H groups in total. The second-order valence-corrected chi connectivity index (χ2v) is 10.7. The fraction of sp³-hybridized carbons (Fsp3) is 0.250. The molecule has 0 radical (unpaired) electrons. The number of hydrogen-bond acceptors (Lipinski definition) is 11. The Morgan fingerprint density at radius 1 is 1.15 bits per heavy atom.